The quantitative estimate of drug-likeness (QED) is 0.619. The molecule has 0 spiro atoms. The highest BCUT2D eigenvalue weighted by Gasteiger charge is 2.27. The van der Waals surface area contributed by atoms with Crippen LogP contribution in [-0.4, -0.2) is 27.9 Å². The Bertz CT molecular complexity index is 612. The zero-order valence-corrected chi connectivity index (χ0v) is 13.0. The van der Waals surface area contributed by atoms with E-state index in [4.69, 9.17) is 0 Å². The Morgan fingerprint density at radius 2 is 1.91 bits per heavy atom. The first-order chi connectivity index (χ1) is 10.2. The van der Waals surface area contributed by atoms with Gasteiger partial charge in [-0.2, -0.15) is 0 Å². The average molecular weight is 308 g/mol. The molecule has 0 saturated carbocycles. The summed E-state index contributed by atoms with van der Waals surface area (Å²) in [6, 6.07) is 1.71. The Hall–Kier alpha value is -2.44. The Kier molecular flexibility index (Phi) is 5.62. The minimum Gasteiger partial charge on any atom is -0.480 e. The van der Waals surface area contributed by atoms with Gasteiger partial charge in [0.1, 0.15) is 6.04 Å². The molecular weight excluding hydrogens is 288 g/mol. The van der Waals surface area contributed by atoms with Crippen LogP contribution >= 0.6 is 0 Å². The van der Waals surface area contributed by atoms with Crippen LogP contribution in [0.15, 0.2) is 12.1 Å². The highest BCUT2D eigenvalue weighted by Crippen LogP contribution is 2.23. The molecule has 0 aliphatic heterocycles. The van der Waals surface area contributed by atoms with E-state index in [1.54, 1.807) is 26.8 Å². The Morgan fingerprint density at radius 1 is 1.32 bits per heavy atom. The van der Waals surface area contributed by atoms with E-state index in [2.05, 4.69) is 5.32 Å². The third kappa shape index (κ3) is 3.81. The van der Waals surface area contributed by atoms with Crippen molar-refractivity contribution in [2.24, 2.45) is 5.92 Å². The SMILES string of the molecule is CCC(C)C(NC(=O)c1cc([N+](=O)[O-])c(C)cc1C)C(=O)O. The molecule has 1 rings (SSSR count). The van der Waals surface area contributed by atoms with Crippen LogP contribution in [0.2, 0.25) is 0 Å². The first-order valence-electron chi connectivity index (χ1n) is 6.98. The lowest BCUT2D eigenvalue weighted by Crippen LogP contribution is -2.45. The van der Waals surface area contributed by atoms with Crippen molar-refractivity contribution in [3.8, 4) is 0 Å². The fourth-order valence-corrected chi connectivity index (χ4v) is 2.18. The summed E-state index contributed by atoms with van der Waals surface area (Å²) in [5, 5.41) is 22.6. The van der Waals surface area contributed by atoms with E-state index in [0.717, 1.165) is 0 Å². The van der Waals surface area contributed by atoms with E-state index in [1.165, 1.54) is 6.07 Å². The second-order valence-corrected chi connectivity index (χ2v) is 5.39. The van der Waals surface area contributed by atoms with Gasteiger partial charge in [-0.05, 0) is 31.4 Å². The summed E-state index contributed by atoms with van der Waals surface area (Å²) in [5.74, 6) is -1.99. The van der Waals surface area contributed by atoms with Crippen LogP contribution in [0.25, 0.3) is 0 Å². The summed E-state index contributed by atoms with van der Waals surface area (Å²) in [5.41, 5.74) is 0.975. The maximum absolute atomic E-state index is 12.3. The number of carbonyl (C=O) groups excluding carboxylic acids is 1. The van der Waals surface area contributed by atoms with Crippen LogP contribution in [0.3, 0.4) is 0 Å². The Morgan fingerprint density at radius 3 is 2.36 bits per heavy atom. The number of hydrogen-bond donors (Lipinski definition) is 2. The van der Waals surface area contributed by atoms with E-state index in [0.29, 0.717) is 17.5 Å². The third-order valence-corrected chi connectivity index (χ3v) is 3.75. The molecule has 1 aromatic rings. The molecular formula is C15H20N2O5. The fourth-order valence-electron chi connectivity index (χ4n) is 2.18. The number of carbonyl (C=O) groups is 2. The van der Waals surface area contributed by atoms with Crippen molar-refractivity contribution >= 4 is 17.6 Å². The van der Waals surface area contributed by atoms with Gasteiger partial charge in [-0.1, -0.05) is 20.3 Å². The first-order valence-corrected chi connectivity index (χ1v) is 6.98. The number of amides is 1. The number of benzene rings is 1. The fraction of sp³-hybridized carbons (Fsp3) is 0.467. The van der Waals surface area contributed by atoms with Crippen molar-refractivity contribution in [2.45, 2.75) is 40.2 Å². The molecule has 7 heteroatoms. The van der Waals surface area contributed by atoms with Crippen molar-refractivity contribution in [2.75, 3.05) is 0 Å². The van der Waals surface area contributed by atoms with Crippen LogP contribution < -0.4 is 5.32 Å². The van der Waals surface area contributed by atoms with Gasteiger partial charge in [-0.25, -0.2) is 4.79 Å². The highest BCUT2D eigenvalue weighted by atomic mass is 16.6. The van der Waals surface area contributed by atoms with Crippen molar-refractivity contribution in [1.82, 2.24) is 5.32 Å². The molecule has 0 fully saturated rings. The minimum atomic E-state index is -1.12. The number of carboxylic acids is 1. The van der Waals surface area contributed by atoms with Crippen LogP contribution in [0, 0.1) is 29.9 Å². The summed E-state index contributed by atoms with van der Waals surface area (Å²) in [7, 11) is 0. The third-order valence-electron chi connectivity index (χ3n) is 3.75. The average Bonchev–Trinajstić information content (AvgIpc) is 2.42. The summed E-state index contributed by atoms with van der Waals surface area (Å²) in [6.45, 7) is 6.80. The number of nitrogens with zero attached hydrogens (tertiary/aromatic N) is 1. The maximum atomic E-state index is 12.3. The largest absolute Gasteiger partial charge is 0.480 e. The molecule has 0 saturated heterocycles. The van der Waals surface area contributed by atoms with Crippen molar-refractivity contribution in [3.63, 3.8) is 0 Å². The van der Waals surface area contributed by atoms with Crippen LogP contribution in [0.5, 0.6) is 0 Å². The highest BCUT2D eigenvalue weighted by molar-refractivity contribution is 5.98. The predicted octanol–water partition coefficient (Wildman–Crippen LogP) is 2.44. The topological polar surface area (TPSA) is 110 Å². The van der Waals surface area contributed by atoms with Gasteiger partial charge < -0.3 is 10.4 Å². The summed E-state index contributed by atoms with van der Waals surface area (Å²) >= 11 is 0. The number of aryl methyl sites for hydroxylation is 2. The van der Waals surface area contributed by atoms with Gasteiger partial charge in [-0.15, -0.1) is 0 Å². The van der Waals surface area contributed by atoms with E-state index >= 15 is 0 Å². The molecule has 120 valence electrons. The molecule has 7 nitrogen and oxygen atoms in total. The smallest absolute Gasteiger partial charge is 0.326 e. The Labute approximate surface area is 128 Å². The number of nitro groups is 1. The second kappa shape index (κ2) is 7.02. The Balaban J connectivity index is 3.14. The van der Waals surface area contributed by atoms with Gasteiger partial charge >= 0.3 is 5.97 Å². The molecule has 0 radical (unpaired) electrons. The molecule has 0 aliphatic carbocycles. The molecule has 2 N–H and O–H groups in total. The van der Waals surface area contributed by atoms with Gasteiger partial charge in [0, 0.05) is 17.2 Å². The zero-order valence-electron chi connectivity index (χ0n) is 13.0. The number of aliphatic carboxylic acids is 1. The zero-order chi connectivity index (χ0) is 17.0. The molecule has 1 aromatic carbocycles. The molecule has 2 atom stereocenters. The monoisotopic (exact) mass is 308 g/mol. The van der Waals surface area contributed by atoms with Crippen LogP contribution in [0.1, 0.15) is 41.8 Å². The van der Waals surface area contributed by atoms with E-state index in [-0.39, 0.29) is 17.2 Å². The lowest BCUT2D eigenvalue weighted by Gasteiger charge is -2.20. The standard InChI is InChI=1S/C15H20N2O5/c1-5-8(2)13(15(19)20)16-14(18)11-7-12(17(21)22)10(4)6-9(11)3/h6-8,13H,5H2,1-4H3,(H,16,18)(H,19,20). The maximum Gasteiger partial charge on any atom is 0.326 e. The number of hydrogen-bond acceptors (Lipinski definition) is 4. The van der Waals surface area contributed by atoms with E-state index in [1.807, 2.05) is 6.92 Å². The summed E-state index contributed by atoms with van der Waals surface area (Å²) < 4.78 is 0. The molecule has 1 amide bonds. The lowest BCUT2D eigenvalue weighted by molar-refractivity contribution is -0.385. The van der Waals surface area contributed by atoms with Crippen molar-refractivity contribution in [1.29, 1.82) is 0 Å². The lowest BCUT2D eigenvalue weighted by atomic mass is 9.98. The number of rotatable bonds is 6. The van der Waals surface area contributed by atoms with Gasteiger partial charge in [0.15, 0.2) is 0 Å². The summed E-state index contributed by atoms with van der Waals surface area (Å²) in [6.07, 6.45) is 0.588. The number of nitro benzene ring substituents is 1. The molecule has 0 aliphatic rings. The molecule has 22 heavy (non-hydrogen) atoms. The molecule has 0 bridgehead atoms. The van der Waals surface area contributed by atoms with Gasteiger partial charge in [-0.3, -0.25) is 14.9 Å². The molecule has 2 unspecified atom stereocenters. The molecule has 0 heterocycles. The van der Waals surface area contributed by atoms with Gasteiger partial charge in [0.25, 0.3) is 11.6 Å². The van der Waals surface area contributed by atoms with Crippen molar-refractivity contribution < 1.29 is 19.6 Å². The van der Waals surface area contributed by atoms with Crippen LogP contribution in [0.4, 0.5) is 5.69 Å². The predicted molar refractivity (Wildman–Crippen MR) is 80.9 cm³/mol. The normalized spacial score (nSPS) is 13.3. The number of nitrogens with one attached hydrogen (secondary N) is 1. The van der Waals surface area contributed by atoms with E-state index < -0.39 is 22.8 Å². The molecule has 0 aromatic heterocycles. The van der Waals surface area contributed by atoms with Gasteiger partial charge in [0.2, 0.25) is 0 Å². The second-order valence-electron chi connectivity index (χ2n) is 5.39. The van der Waals surface area contributed by atoms with Crippen molar-refractivity contribution in [3.05, 3.63) is 38.9 Å². The van der Waals surface area contributed by atoms with Gasteiger partial charge in [0.05, 0.1) is 4.92 Å². The summed E-state index contributed by atoms with van der Waals surface area (Å²) in [4.78, 5) is 34.0. The minimum absolute atomic E-state index is 0.117. The first kappa shape index (κ1) is 17.6. The van der Waals surface area contributed by atoms with Crippen LogP contribution in [-0.2, 0) is 4.79 Å². The number of carboxylic acid groups (broad SMARTS) is 1. The van der Waals surface area contributed by atoms with E-state index in [9.17, 15) is 24.8 Å².